The van der Waals surface area contributed by atoms with Crippen LogP contribution >= 0.6 is 0 Å². The largest absolute Gasteiger partial charge is 0.465 e. The molecule has 1 N–H and O–H groups in total. The number of hydrogen-bond donors (Lipinski definition) is 1. The topological polar surface area (TPSA) is 80.7 Å². The number of allylic oxidation sites excluding steroid dienone is 1. The second kappa shape index (κ2) is 5.80. The Morgan fingerprint density at radius 2 is 2.04 bits per heavy atom. The molecule has 3 rings (SSSR count). The Balaban J connectivity index is 1.93. The molecule has 0 heterocycles. The maximum absolute atomic E-state index is 12.7. The van der Waals surface area contributed by atoms with Crippen LogP contribution in [0.4, 0.5) is 0 Å². The molecule has 0 radical (unpaired) electrons. The van der Waals surface area contributed by atoms with Gasteiger partial charge in [-0.05, 0) is 57.9 Å². The van der Waals surface area contributed by atoms with Gasteiger partial charge in [0.15, 0.2) is 5.78 Å². The van der Waals surface area contributed by atoms with Crippen LogP contribution in [0.1, 0.15) is 58.8 Å². The predicted molar refractivity (Wildman–Crippen MR) is 87.1 cm³/mol. The SMILES string of the molecule is CCOC(=O)[C@@]1([C@H]2CC[C@]3(C)C(=O)CC[C@]3(O)C2)C=CC(=O)CC1. The first-order chi connectivity index (χ1) is 11.3. The van der Waals surface area contributed by atoms with Gasteiger partial charge in [0, 0.05) is 12.8 Å². The summed E-state index contributed by atoms with van der Waals surface area (Å²) >= 11 is 0. The van der Waals surface area contributed by atoms with E-state index < -0.39 is 16.4 Å². The van der Waals surface area contributed by atoms with Gasteiger partial charge in [-0.2, -0.15) is 0 Å². The Morgan fingerprint density at radius 3 is 2.67 bits per heavy atom. The Hall–Kier alpha value is -1.49. The number of carbonyl (C=O) groups is 3. The van der Waals surface area contributed by atoms with E-state index in [1.54, 1.807) is 13.0 Å². The summed E-state index contributed by atoms with van der Waals surface area (Å²) in [6, 6.07) is 0. The molecule has 0 unspecified atom stereocenters. The first kappa shape index (κ1) is 17.3. The van der Waals surface area contributed by atoms with Crippen LogP contribution in [0.3, 0.4) is 0 Å². The molecule has 4 atom stereocenters. The normalized spacial score (nSPS) is 42.0. The molecule has 5 nitrogen and oxygen atoms in total. The summed E-state index contributed by atoms with van der Waals surface area (Å²) in [7, 11) is 0. The van der Waals surface area contributed by atoms with E-state index in [0.717, 1.165) is 0 Å². The molecule has 2 fully saturated rings. The van der Waals surface area contributed by atoms with E-state index in [-0.39, 0.29) is 30.1 Å². The highest BCUT2D eigenvalue weighted by molar-refractivity contribution is 5.94. The summed E-state index contributed by atoms with van der Waals surface area (Å²) in [5, 5.41) is 11.2. The average molecular weight is 334 g/mol. The molecular formula is C19H26O5. The van der Waals surface area contributed by atoms with Crippen molar-refractivity contribution in [2.45, 2.75) is 64.4 Å². The van der Waals surface area contributed by atoms with Crippen molar-refractivity contribution in [3.63, 3.8) is 0 Å². The van der Waals surface area contributed by atoms with Gasteiger partial charge in [0.2, 0.25) is 0 Å². The van der Waals surface area contributed by atoms with Gasteiger partial charge in [0.05, 0.1) is 23.0 Å². The monoisotopic (exact) mass is 334 g/mol. The van der Waals surface area contributed by atoms with E-state index in [9.17, 15) is 19.5 Å². The van der Waals surface area contributed by atoms with Gasteiger partial charge in [-0.15, -0.1) is 0 Å². The number of fused-ring (bicyclic) bond motifs is 1. The number of ketones is 2. The molecule has 0 aromatic heterocycles. The second-order valence-electron chi connectivity index (χ2n) is 7.79. The van der Waals surface area contributed by atoms with Crippen molar-refractivity contribution in [3.05, 3.63) is 12.2 Å². The Morgan fingerprint density at radius 1 is 1.29 bits per heavy atom. The van der Waals surface area contributed by atoms with Crippen LogP contribution in [0.5, 0.6) is 0 Å². The first-order valence-corrected chi connectivity index (χ1v) is 8.92. The fourth-order valence-electron chi connectivity index (χ4n) is 4.92. The molecule has 0 amide bonds. The van der Waals surface area contributed by atoms with Crippen LogP contribution < -0.4 is 0 Å². The molecule has 0 bridgehead atoms. The maximum atomic E-state index is 12.7. The number of hydrogen-bond acceptors (Lipinski definition) is 5. The van der Waals surface area contributed by atoms with Gasteiger partial charge >= 0.3 is 5.97 Å². The first-order valence-electron chi connectivity index (χ1n) is 8.92. The standard InChI is InChI=1S/C19H26O5/c1-3-24-16(22)18(9-5-14(20)6-10-18)13-4-8-17(2)15(21)7-11-19(17,23)12-13/h5,9,13,23H,3-4,6-8,10-12H2,1-2H3/t13-,17+,18-,19-/m0/s1. The molecule has 0 saturated heterocycles. The smallest absolute Gasteiger partial charge is 0.316 e. The van der Waals surface area contributed by atoms with Crippen LogP contribution in [0.15, 0.2) is 12.2 Å². The second-order valence-corrected chi connectivity index (χ2v) is 7.79. The van der Waals surface area contributed by atoms with Crippen molar-refractivity contribution < 1.29 is 24.2 Å². The summed E-state index contributed by atoms with van der Waals surface area (Å²) in [4.78, 5) is 36.6. The van der Waals surface area contributed by atoms with Gasteiger partial charge in [-0.25, -0.2) is 0 Å². The summed E-state index contributed by atoms with van der Waals surface area (Å²) in [6.07, 6.45) is 6.46. The van der Waals surface area contributed by atoms with Gasteiger partial charge in [0.1, 0.15) is 5.78 Å². The van der Waals surface area contributed by atoms with Crippen molar-refractivity contribution in [2.75, 3.05) is 6.61 Å². The molecule has 3 aliphatic carbocycles. The molecule has 0 aromatic carbocycles. The van der Waals surface area contributed by atoms with E-state index in [4.69, 9.17) is 4.74 Å². The van der Waals surface area contributed by atoms with Crippen molar-refractivity contribution in [2.24, 2.45) is 16.7 Å². The minimum atomic E-state index is -1.05. The van der Waals surface area contributed by atoms with E-state index in [2.05, 4.69) is 0 Å². The van der Waals surface area contributed by atoms with E-state index in [1.807, 2.05) is 6.92 Å². The fraction of sp³-hybridized carbons (Fsp3) is 0.737. The lowest BCUT2D eigenvalue weighted by atomic mass is 9.55. The summed E-state index contributed by atoms with van der Waals surface area (Å²) in [5.41, 5.74) is -2.61. The minimum Gasteiger partial charge on any atom is -0.465 e. The van der Waals surface area contributed by atoms with Crippen LogP contribution in [-0.2, 0) is 19.1 Å². The Kier molecular flexibility index (Phi) is 4.19. The van der Waals surface area contributed by atoms with Crippen LogP contribution in [0.25, 0.3) is 0 Å². The van der Waals surface area contributed by atoms with Gasteiger partial charge < -0.3 is 9.84 Å². The van der Waals surface area contributed by atoms with E-state index in [0.29, 0.717) is 44.9 Å². The molecule has 132 valence electrons. The minimum absolute atomic E-state index is 0.0188. The van der Waals surface area contributed by atoms with Crippen molar-refractivity contribution >= 4 is 17.5 Å². The van der Waals surface area contributed by atoms with Crippen molar-refractivity contribution in [1.82, 2.24) is 0 Å². The highest BCUT2D eigenvalue weighted by atomic mass is 16.5. The van der Waals surface area contributed by atoms with E-state index >= 15 is 0 Å². The third kappa shape index (κ3) is 2.36. The van der Waals surface area contributed by atoms with Crippen LogP contribution in [-0.4, -0.2) is 34.9 Å². The maximum Gasteiger partial charge on any atom is 0.316 e. The summed E-state index contributed by atoms with van der Waals surface area (Å²) in [6.45, 7) is 3.91. The number of Topliss-reactive ketones (excluding diaryl/α,β-unsaturated/α-hetero) is 1. The van der Waals surface area contributed by atoms with Gasteiger partial charge in [0.25, 0.3) is 0 Å². The Labute approximate surface area is 142 Å². The molecule has 5 heteroatoms. The lowest BCUT2D eigenvalue weighted by Gasteiger charge is -2.50. The molecule has 0 aliphatic heterocycles. The van der Waals surface area contributed by atoms with Gasteiger partial charge in [-0.1, -0.05) is 6.08 Å². The zero-order chi connectivity index (χ0) is 17.6. The average Bonchev–Trinajstić information content (AvgIpc) is 2.79. The highest BCUT2D eigenvalue weighted by Gasteiger charge is 2.62. The predicted octanol–water partition coefficient (Wildman–Crippen LogP) is 2.36. The molecule has 3 aliphatic rings. The lowest BCUT2D eigenvalue weighted by Crippen LogP contribution is -2.54. The number of ether oxygens (including phenoxy) is 1. The fourth-order valence-corrected chi connectivity index (χ4v) is 4.92. The van der Waals surface area contributed by atoms with Crippen LogP contribution in [0, 0.1) is 16.7 Å². The molecular weight excluding hydrogens is 308 g/mol. The zero-order valence-electron chi connectivity index (χ0n) is 14.5. The lowest BCUT2D eigenvalue weighted by molar-refractivity contribution is -0.166. The molecule has 0 spiro atoms. The third-order valence-electron chi connectivity index (χ3n) is 6.72. The number of rotatable bonds is 3. The zero-order valence-corrected chi connectivity index (χ0v) is 14.5. The van der Waals surface area contributed by atoms with Crippen molar-refractivity contribution in [1.29, 1.82) is 0 Å². The number of carbonyl (C=O) groups excluding carboxylic acids is 3. The quantitative estimate of drug-likeness (QED) is 0.801. The Bertz CT molecular complexity index is 609. The molecule has 24 heavy (non-hydrogen) atoms. The van der Waals surface area contributed by atoms with Gasteiger partial charge in [-0.3, -0.25) is 14.4 Å². The van der Waals surface area contributed by atoms with Crippen LogP contribution in [0.2, 0.25) is 0 Å². The van der Waals surface area contributed by atoms with Crippen molar-refractivity contribution in [3.8, 4) is 0 Å². The van der Waals surface area contributed by atoms with E-state index in [1.165, 1.54) is 6.08 Å². The number of esters is 1. The molecule has 0 aromatic rings. The number of aliphatic hydroxyl groups is 1. The summed E-state index contributed by atoms with van der Waals surface area (Å²) in [5.74, 6) is -0.270. The summed E-state index contributed by atoms with van der Waals surface area (Å²) < 4.78 is 5.31. The molecule has 2 saturated carbocycles. The highest BCUT2D eigenvalue weighted by Crippen LogP contribution is 2.58. The third-order valence-corrected chi connectivity index (χ3v) is 6.72.